The molecule has 0 saturated heterocycles. The SMILES string of the molecule is CCNC(CC1OCCc2ccccc21)C1(C)CCCC1. The minimum absolute atomic E-state index is 0.274. The predicted molar refractivity (Wildman–Crippen MR) is 87.5 cm³/mol. The Kier molecular flexibility index (Phi) is 4.66. The van der Waals surface area contributed by atoms with Crippen LogP contribution < -0.4 is 5.32 Å². The third kappa shape index (κ3) is 3.17. The first-order valence-electron chi connectivity index (χ1n) is 8.66. The molecule has 1 aromatic carbocycles. The highest BCUT2D eigenvalue weighted by Crippen LogP contribution is 2.44. The molecule has 1 saturated carbocycles. The average molecular weight is 287 g/mol. The molecule has 2 aliphatic rings. The van der Waals surface area contributed by atoms with E-state index < -0.39 is 0 Å². The largest absolute Gasteiger partial charge is 0.373 e. The van der Waals surface area contributed by atoms with Crippen molar-refractivity contribution in [1.82, 2.24) is 5.32 Å². The van der Waals surface area contributed by atoms with Crippen LogP contribution in [0.5, 0.6) is 0 Å². The molecule has 0 spiro atoms. The molecular formula is C19H29NO. The zero-order valence-electron chi connectivity index (χ0n) is 13.5. The lowest BCUT2D eigenvalue weighted by atomic mass is 9.77. The third-order valence-electron chi connectivity index (χ3n) is 5.58. The Bertz CT molecular complexity index is 464. The molecule has 1 aromatic rings. The molecule has 1 heterocycles. The van der Waals surface area contributed by atoms with E-state index in [4.69, 9.17) is 4.74 Å². The topological polar surface area (TPSA) is 21.3 Å². The van der Waals surface area contributed by atoms with Crippen molar-refractivity contribution < 1.29 is 4.74 Å². The maximum atomic E-state index is 6.15. The smallest absolute Gasteiger partial charge is 0.0842 e. The van der Waals surface area contributed by atoms with Crippen LogP contribution in [0.2, 0.25) is 0 Å². The summed E-state index contributed by atoms with van der Waals surface area (Å²) in [6.07, 6.45) is 7.95. The number of hydrogen-bond donors (Lipinski definition) is 1. The van der Waals surface area contributed by atoms with E-state index in [0.29, 0.717) is 11.5 Å². The molecule has 2 nitrogen and oxygen atoms in total. The van der Waals surface area contributed by atoms with E-state index in [1.54, 1.807) is 0 Å². The van der Waals surface area contributed by atoms with Crippen LogP contribution in [0.15, 0.2) is 24.3 Å². The van der Waals surface area contributed by atoms with Gasteiger partial charge in [0.1, 0.15) is 0 Å². The highest BCUT2D eigenvalue weighted by molar-refractivity contribution is 5.31. The van der Waals surface area contributed by atoms with Crippen LogP contribution in [-0.2, 0) is 11.2 Å². The van der Waals surface area contributed by atoms with Gasteiger partial charge in [0.2, 0.25) is 0 Å². The quantitative estimate of drug-likeness (QED) is 0.874. The van der Waals surface area contributed by atoms with Crippen LogP contribution in [-0.4, -0.2) is 19.2 Å². The van der Waals surface area contributed by atoms with E-state index in [2.05, 4.69) is 43.4 Å². The summed E-state index contributed by atoms with van der Waals surface area (Å²) in [7, 11) is 0. The first kappa shape index (κ1) is 15.1. The summed E-state index contributed by atoms with van der Waals surface area (Å²) in [5, 5.41) is 3.76. The first-order valence-corrected chi connectivity index (χ1v) is 8.66. The van der Waals surface area contributed by atoms with E-state index in [-0.39, 0.29) is 6.10 Å². The van der Waals surface area contributed by atoms with E-state index in [1.165, 1.54) is 36.8 Å². The summed E-state index contributed by atoms with van der Waals surface area (Å²) in [5.74, 6) is 0. The van der Waals surface area contributed by atoms with E-state index in [9.17, 15) is 0 Å². The van der Waals surface area contributed by atoms with Crippen molar-refractivity contribution in [3.8, 4) is 0 Å². The number of ether oxygens (including phenoxy) is 1. The van der Waals surface area contributed by atoms with Gasteiger partial charge in [-0.2, -0.15) is 0 Å². The van der Waals surface area contributed by atoms with E-state index in [0.717, 1.165) is 26.0 Å². The van der Waals surface area contributed by atoms with Gasteiger partial charge in [0.25, 0.3) is 0 Å². The molecule has 0 radical (unpaired) electrons. The minimum Gasteiger partial charge on any atom is -0.373 e. The second-order valence-corrected chi connectivity index (χ2v) is 7.02. The van der Waals surface area contributed by atoms with Crippen molar-refractivity contribution in [2.75, 3.05) is 13.2 Å². The molecule has 1 N–H and O–H groups in total. The molecule has 21 heavy (non-hydrogen) atoms. The maximum Gasteiger partial charge on any atom is 0.0842 e. The van der Waals surface area contributed by atoms with Gasteiger partial charge in [0, 0.05) is 6.04 Å². The summed E-state index contributed by atoms with van der Waals surface area (Å²) in [4.78, 5) is 0. The molecule has 2 heteroatoms. The summed E-state index contributed by atoms with van der Waals surface area (Å²) in [6, 6.07) is 9.41. The van der Waals surface area contributed by atoms with Gasteiger partial charge in [-0.15, -0.1) is 0 Å². The Labute approximate surface area is 129 Å². The standard InChI is InChI=1S/C19H29NO/c1-3-20-18(19(2)11-6-7-12-19)14-17-16-9-5-4-8-15(16)10-13-21-17/h4-5,8-9,17-18,20H,3,6-7,10-14H2,1-2H3. The van der Waals surface area contributed by atoms with Crippen LogP contribution in [0.3, 0.4) is 0 Å². The Morgan fingerprint density at radius 2 is 2.05 bits per heavy atom. The van der Waals surface area contributed by atoms with Crippen molar-refractivity contribution >= 4 is 0 Å². The molecule has 0 amide bonds. The highest BCUT2D eigenvalue weighted by Gasteiger charge is 2.38. The zero-order chi connectivity index (χ0) is 14.7. The fourth-order valence-corrected chi connectivity index (χ4v) is 4.28. The van der Waals surface area contributed by atoms with Gasteiger partial charge >= 0.3 is 0 Å². The minimum atomic E-state index is 0.274. The molecular weight excluding hydrogens is 258 g/mol. The molecule has 1 aliphatic carbocycles. The van der Waals surface area contributed by atoms with Crippen LogP contribution in [0.4, 0.5) is 0 Å². The molecule has 1 aliphatic heterocycles. The first-order chi connectivity index (χ1) is 10.2. The van der Waals surface area contributed by atoms with Gasteiger partial charge in [-0.3, -0.25) is 0 Å². The molecule has 2 unspecified atom stereocenters. The Balaban J connectivity index is 1.77. The summed E-state index contributed by atoms with van der Waals surface area (Å²) in [6.45, 7) is 6.62. The van der Waals surface area contributed by atoms with Crippen molar-refractivity contribution in [2.24, 2.45) is 5.41 Å². The number of fused-ring (bicyclic) bond motifs is 1. The highest BCUT2D eigenvalue weighted by atomic mass is 16.5. The number of hydrogen-bond acceptors (Lipinski definition) is 2. The van der Waals surface area contributed by atoms with E-state index >= 15 is 0 Å². The lowest BCUT2D eigenvalue weighted by Gasteiger charge is -2.38. The van der Waals surface area contributed by atoms with Crippen molar-refractivity contribution in [3.05, 3.63) is 35.4 Å². The lowest BCUT2D eigenvalue weighted by molar-refractivity contribution is 0.0163. The van der Waals surface area contributed by atoms with Crippen LogP contribution in [0.1, 0.15) is 63.2 Å². The van der Waals surface area contributed by atoms with Gasteiger partial charge in [-0.25, -0.2) is 0 Å². The third-order valence-corrected chi connectivity index (χ3v) is 5.58. The van der Waals surface area contributed by atoms with Crippen LogP contribution >= 0.6 is 0 Å². The van der Waals surface area contributed by atoms with Gasteiger partial charge < -0.3 is 10.1 Å². The van der Waals surface area contributed by atoms with Gasteiger partial charge in [0.05, 0.1) is 12.7 Å². The fourth-order valence-electron chi connectivity index (χ4n) is 4.28. The maximum absolute atomic E-state index is 6.15. The summed E-state index contributed by atoms with van der Waals surface area (Å²) in [5.41, 5.74) is 3.36. The van der Waals surface area contributed by atoms with Gasteiger partial charge in [-0.1, -0.05) is 51.0 Å². The number of rotatable bonds is 5. The average Bonchev–Trinajstić information content (AvgIpc) is 2.95. The lowest BCUT2D eigenvalue weighted by Crippen LogP contribution is -2.43. The monoisotopic (exact) mass is 287 g/mol. The molecule has 0 bridgehead atoms. The second kappa shape index (κ2) is 6.50. The molecule has 116 valence electrons. The molecule has 1 fully saturated rings. The number of benzene rings is 1. The van der Waals surface area contributed by atoms with Crippen molar-refractivity contribution in [2.45, 2.75) is 64.5 Å². The van der Waals surface area contributed by atoms with Crippen LogP contribution in [0.25, 0.3) is 0 Å². The summed E-state index contributed by atoms with van der Waals surface area (Å²) < 4.78 is 6.15. The summed E-state index contributed by atoms with van der Waals surface area (Å²) >= 11 is 0. The Morgan fingerprint density at radius 3 is 2.81 bits per heavy atom. The number of nitrogens with one attached hydrogen (secondary N) is 1. The van der Waals surface area contributed by atoms with Crippen molar-refractivity contribution in [1.29, 1.82) is 0 Å². The fraction of sp³-hybridized carbons (Fsp3) is 0.684. The molecule has 3 rings (SSSR count). The Hall–Kier alpha value is -0.860. The second-order valence-electron chi connectivity index (χ2n) is 7.02. The molecule has 0 aromatic heterocycles. The van der Waals surface area contributed by atoms with Crippen molar-refractivity contribution in [3.63, 3.8) is 0 Å². The predicted octanol–water partition coefficient (Wildman–Crippen LogP) is 4.25. The van der Waals surface area contributed by atoms with Gasteiger partial charge in [0.15, 0.2) is 0 Å². The normalized spacial score (nSPS) is 25.5. The van der Waals surface area contributed by atoms with Crippen LogP contribution in [0, 0.1) is 5.41 Å². The zero-order valence-corrected chi connectivity index (χ0v) is 13.5. The van der Waals surface area contributed by atoms with E-state index in [1.807, 2.05) is 0 Å². The van der Waals surface area contributed by atoms with Gasteiger partial charge in [-0.05, 0) is 48.8 Å². The Morgan fingerprint density at radius 1 is 1.29 bits per heavy atom. The molecule has 2 atom stereocenters.